The summed E-state index contributed by atoms with van der Waals surface area (Å²) in [5.74, 6) is 0. The normalized spacial score (nSPS) is 15.4. The van der Waals surface area contributed by atoms with Crippen molar-refractivity contribution < 1.29 is 28.8 Å². The van der Waals surface area contributed by atoms with Crippen LogP contribution in [-0.2, 0) is 52.2 Å². The average molecular weight is 1060 g/mol. The maximum Gasteiger partial charge on any atom is 0.212 e. The highest BCUT2D eigenvalue weighted by Crippen LogP contribution is 2.44. The lowest BCUT2D eigenvalue weighted by Gasteiger charge is -2.21. The van der Waals surface area contributed by atoms with Crippen molar-refractivity contribution in [3.63, 3.8) is 0 Å². The molecule has 79 heavy (non-hydrogen) atoms. The Bertz CT molecular complexity index is 4400. The fourth-order valence-electron chi connectivity index (χ4n) is 12.0. The maximum absolute atomic E-state index is 8.85. The van der Waals surface area contributed by atoms with Crippen molar-refractivity contribution in [3.8, 4) is 67.2 Å². The summed E-state index contributed by atoms with van der Waals surface area (Å²) in [5, 5.41) is 0. The molecule has 3 aromatic carbocycles. The minimum absolute atomic E-state index is 0.0552. The maximum atomic E-state index is 8.85. The molecule has 0 spiro atoms. The van der Waals surface area contributed by atoms with Gasteiger partial charge < -0.3 is 0 Å². The molecule has 0 unspecified atom stereocenters. The van der Waals surface area contributed by atoms with Gasteiger partial charge >= 0.3 is 0 Å². The van der Waals surface area contributed by atoms with Crippen LogP contribution in [0.3, 0.4) is 0 Å². The molecular weight excluding hydrogens is 961 g/mol. The molecule has 6 aromatic heterocycles. The van der Waals surface area contributed by atoms with Crippen molar-refractivity contribution in [3.05, 3.63) is 211 Å². The number of benzene rings is 3. The van der Waals surface area contributed by atoms with Crippen LogP contribution in [0.1, 0.15) is 158 Å². The van der Waals surface area contributed by atoms with E-state index in [9.17, 15) is 0 Å². The van der Waals surface area contributed by atoms with Crippen LogP contribution < -0.4 is 13.7 Å². The number of fused-ring (bicyclic) bond motifs is 9. The van der Waals surface area contributed by atoms with Crippen LogP contribution in [0.2, 0.25) is 0 Å². The van der Waals surface area contributed by atoms with E-state index in [-0.39, 0.29) is 16.5 Å². The first-order chi connectivity index (χ1) is 41.7. The first-order valence-corrected chi connectivity index (χ1v) is 27.6. The largest absolute Gasteiger partial charge is 0.257 e. The summed E-state index contributed by atoms with van der Waals surface area (Å²) in [6, 6.07) is 31.3. The topological polar surface area (TPSA) is 50.3 Å². The summed E-state index contributed by atoms with van der Waals surface area (Å²) < 4.78 is 94.8. The molecule has 6 nitrogen and oxygen atoms in total. The van der Waals surface area contributed by atoms with E-state index in [1.807, 2.05) is 74.7 Å². The number of hydrogen-bond donors (Lipinski definition) is 0. The van der Waals surface area contributed by atoms with Crippen molar-refractivity contribution in [2.45, 2.75) is 142 Å². The Morgan fingerprint density at radius 2 is 0.759 bits per heavy atom. The zero-order valence-corrected chi connectivity index (χ0v) is 49.2. The Hall–Kier alpha value is -7.44. The SMILES string of the molecule is [2H]C([2H])([2H])c1c[n+](C)c(-c2ccc3c(c2C)Cc2nc(C)ccc2-3)cc1C.[2H]C([2H])([2H])c1c[n+](C)c(-c2ccc3c(c2C)Cc2nc(C)ccc2-3)cc1C(C)(C)C.[2H]C([2H])([2H])c1c[n+](C)c(-c2ccc3c(c2C)Cc2nc(C)ccc2-3)cc1C([2H])([2H])C(C)(C)C. The van der Waals surface area contributed by atoms with E-state index in [1.54, 1.807) is 45.4 Å². The molecule has 0 N–H and O–H groups in total. The molecule has 0 saturated carbocycles. The molecule has 6 heteroatoms. The van der Waals surface area contributed by atoms with Gasteiger partial charge in [0.2, 0.25) is 17.1 Å². The van der Waals surface area contributed by atoms with E-state index in [0.29, 0.717) is 11.1 Å². The van der Waals surface area contributed by atoms with Crippen molar-refractivity contribution in [1.29, 1.82) is 0 Å². The monoisotopic (exact) mass is 1050 g/mol. The lowest BCUT2D eigenvalue weighted by Crippen LogP contribution is -2.33. The van der Waals surface area contributed by atoms with Crippen molar-refractivity contribution in [2.24, 2.45) is 26.6 Å². The first-order valence-electron chi connectivity index (χ1n) is 33.1. The lowest BCUT2D eigenvalue weighted by atomic mass is 9.83. The third kappa shape index (κ3) is 10.5. The third-order valence-electron chi connectivity index (χ3n) is 16.2. The first kappa shape index (κ1) is 42.5. The Kier molecular flexibility index (Phi) is 11.1. The van der Waals surface area contributed by atoms with Gasteiger partial charge in [-0.2, -0.15) is 0 Å². The minimum atomic E-state index is -2.41. The standard InChI is InChI=1S/C26H31N2.C25H29N2.C22H23N2/c1-16-15-28(7)25(12-19(16)14-26(4,5)6)20-10-11-21-22-9-8-17(2)27-24(22)13-23(21)18(20)3;1-15-14-27(7)24(13-22(15)25(4,5)6)18-10-11-19-20-9-8-16(2)26-23(20)12-21(19)17(18)3;1-13-10-22(24(5)12-14(13)2)17-8-9-18-19-7-6-15(3)23-21(19)11-20(18)16(17)4/h8-12,15H,13-14H2,1-7H3;8-11,13-14H,12H2,1-7H3;6-10,12H,11H2,1-5H3/q3*+1/i1D3,14D2;1D3;2D3. The molecule has 0 aliphatic heterocycles. The predicted molar refractivity (Wildman–Crippen MR) is 327 cm³/mol. The zero-order chi connectivity index (χ0) is 66.0. The van der Waals surface area contributed by atoms with E-state index >= 15 is 0 Å². The summed E-state index contributed by atoms with van der Waals surface area (Å²) in [6.45, 7) is 19.3. The smallest absolute Gasteiger partial charge is 0.212 e. The summed E-state index contributed by atoms with van der Waals surface area (Å²) in [6.07, 6.45) is 5.73. The number of rotatable bonds is 4. The van der Waals surface area contributed by atoms with E-state index in [0.717, 1.165) is 109 Å². The van der Waals surface area contributed by atoms with Crippen molar-refractivity contribution >= 4 is 0 Å². The Balaban J connectivity index is 0.000000149. The van der Waals surface area contributed by atoms with E-state index < -0.39 is 32.3 Å². The zero-order valence-electron chi connectivity index (χ0n) is 60.2. The van der Waals surface area contributed by atoms with Gasteiger partial charge in [0, 0.05) is 120 Å². The molecule has 0 atom stereocenters. The van der Waals surface area contributed by atoms with Crippen molar-refractivity contribution in [1.82, 2.24) is 15.0 Å². The quantitative estimate of drug-likeness (QED) is 0.165. The molecule has 12 rings (SSSR count). The molecule has 0 amide bonds. The van der Waals surface area contributed by atoms with Gasteiger partial charge in [0.1, 0.15) is 21.1 Å². The molecule has 0 radical (unpaired) electrons. The average Bonchev–Trinajstić information content (AvgIpc) is 1.57. The highest BCUT2D eigenvalue weighted by molar-refractivity contribution is 5.83. The molecule has 0 bridgehead atoms. The van der Waals surface area contributed by atoms with Gasteiger partial charge in [-0.05, 0) is 189 Å². The number of aryl methyl sites for hydroxylation is 10. The van der Waals surface area contributed by atoms with Crippen LogP contribution >= 0.6 is 0 Å². The molecule has 9 aromatic rings. The second kappa shape index (κ2) is 20.7. The van der Waals surface area contributed by atoms with Crippen LogP contribution in [0.25, 0.3) is 67.2 Å². The van der Waals surface area contributed by atoms with Gasteiger partial charge in [-0.3, -0.25) is 15.0 Å². The third-order valence-corrected chi connectivity index (χ3v) is 16.2. The Morgan fingerprint density at radius 1 is 0.418 bits per heavy atom. The van der Waals surface area contributed by atoms with Gasteiger partial charge in [0.05, 0.1) is 17.1 Å². The molecule has 3 aliphatic carbocycles. The van der Waals surface area contributed by atoms with E-state index in [2.05, 4.69) is 114 Å². The number of hydrogen-bond acceptors (Lipinski definition) is 3. The van der Waals surface area contributed by atoms with Gasteiger partial charge in [-0.1, -0.05) is 77.9 Å². The second-order valence-electron chi connectivity index (χ2n) is 24.3. The molecule has 0 fully saturated rings. The highest BCUT2D eigenvalue weighted by atomic mass is 14.9. The minimum Gasteiger partial charge on any atom is -0.257 e. The van der Waals surface area contributed by atoms with Gasteiger partial charge in [0.15, 0.2) is 18.6 Å². The highest BCUT2D eigenvalue weighted by Gasteiger charge is 2.30. The summed E-state index contributed by atoms with van der Waals surface area (Å²) >= 11 is 0. The summed E-state index contributed by atoms with van der Waals surface area (Å²) in [7, 11) is 5.67. The van der Waals surface area contributed by atoms with Crippen molar-refractivity contribution in [2.75, 3.05) is 0 Å². The Labute approximate surface area is 487 Å². The molecular formula is C73H83N6+3. The summed E-state index contributed by atoms with van der Waals surface area (Å²) in [4.78, 5) is 14.2. The van der Waals surface area contributed by atoms with E-state index in [1.165, 1.54) is 55.6 Å². The molecule has 402 valence electrons. The van der Waals surface area contributed by atoms with Crippen LogP contribution in [0.15, 0.2) is 110 Å². The van der Waals surface area contributed by atoms with Crippen LogP contribution in [0, 0.1) is 74.4 Å². The lowest BCUT2D eigenvalue weighted by molar-refractivity contribution is -0.661. The fraction of sp³-hybridized carbons (Fsp3) is 0.342. The number of pyridine rings is 6. The Morgan fingerprint density at radius 3 is 1.14 bits per heavy atom. The van der Waals surface area contributed by atoms with Crippen LogP contribution in [0.5, 0.6) is 0 Å². The second-order valence-corrected chi connectivity index (χ2v) is 24.3. The van der Waals surface area contributed by atoms with Crippen LogP contribution in [0.4, 0.5) is 0 Å². The molecule has 0 saturated heterocycles. The molecule has 3 aliphatic rings. The van der Waals surface area contributed by atoms with Gasteiger partial charge in [0.25, 0.3) is 0 Å². The van der Waals surface area contributed by atoms with Gasteiger partial charge in [-0.15, -0.1) is 0 Å². The number of aromatic nitrogens is 6. The van der Waals surface area contributed by atoms with Crippen LogP contribution in [-0.4, -0.2) is 15.0 Å². The number of nitrogens with zero attached hydrogens (tertiary/aromatic N) is 6. The predicted octanol–water partition coefficient (Wildman–Crippen LogP) is 15.4. The van der Waals surface area contributed by atoms with E-state index in [4.69, 9.17) is 30.0 Å². The summed E-state index contributed by atoms with van der Waals surface area (Å²) in [5.41, 5.74) is 29.1. The molecule has 6 heterocycles. The van der Waals surface area contributed by atoms with Gasteiger partial charge in [-0.25, -0.2) is 13.7 Å². The fourth-order valence-corrected chi connectivity index (χ4v) is 12.0.